The summed E-state index contributed by atoms with van der Waals surface area (Å²) in [6, 6.07) is 12.3. The van der Waals surface area contributed by atoms with Crippen molar-refractivity contribution in [2.24, 2.45) is 0 Å². The summed E-state index contributed by atoms with van der Waals surface area (Å²) in [5.41, 5.74) is 2.79. The third-order valence-electron chi connectivity index (χ3n) is 9.45. The van der Waals surface area contributed by atoms with Crippen molar-refractivity contribution in [2.75, 3.05) is 32.0 Å². The molecule has 0 spiro atoms. The van der Waals surface area contributed by atoms with Crippen LogP contribution in [-0.2, 0) is 51.2 Å². The fraction of sp³-hybridized carbons (Fsp3) is 0.390. The van der Waals surface area contributed by atoms with Crippen LogP contribution in [0.2, 0.25) is 0 Å². The van der Waals surface area contributed by atoms with Gasteiger partial charge >= 0.3 is 0 Å². The lowest BCUT2D eigenvalue weighted by molar-refractivity contribution is -0.134. The Morgan fingerprint density at radius 1 is 0.717 bits per heavy atom. The second-order valence-corrected chi connectivity index (χ2v) is 14.0. The van der Waals surface area contributed by atoms with Crippen molar-refractivity contribution in [1.29, 1.82) is 0 Å². The van der Waals surface area contributed by atoms with Gasteiger partial charge in [0.05, 0.1) is 31.1 Å². The molecule has 2 aromatic carbocycles. The van der Waals surface area contributed by atoms with Crippen molar-refractivity contribution in [3.05, 3.63) is 84.6 Å². The van der Waals surface area contributed by atoms with E-state index >= 15 is 0 Å². The second kappa shape index (κ2) is 24.1. The molecule has 0 fully saturated rings. The maximum absolute atomic E-state index is 13.8. The third kappa shape index (κ3) is 15.1. The Morgan fingerprint density at radius 3 is 2.13 bits per heavy atom. The molecule has 320 valence electrons. The lowest BCUT2D eigenvalue weighted by Gasteiger charge is -2.25. The summed E-state index contributed by atoms with van der Waals surface area (Å²) in [5, 5.41) is 22.4. The van der Waals surface area contributed by atoms with Gasteiger partial charge < -0.3 is 57.3 Å². The zero-order valence-corrected chi connectivity index (χ0v) is 33.6. The van der Waals surface area contributed by atoms with E-state index in [0.29, 0.717) is 43.5 Å². The SMILES string of the molecule is CNC(CCCCNC(=O)CCC(NC(=O)CNC(C)=O)C(=O)N[C@@H](Cc1cnc[nH]1)C(=O)NC(Cc1ccccc1)C(=O)NCC=O)C(=O)Nc1c[nH]c2ccccc12. The molecule has 3 unspecified atom stereocenters. The summed E-state index contributed by atoms with van der Waals surface area (Å²) in [6.45, 7) is 0.809. The minimum Gasteiger partial charge on any atom is -0.359 e. The number of unbranched alkanes of at least 4 members (excludes halogenated alkanes) is 1. The zero-order valence-electron chi connectivity index (χ0n) is 33.6. The van der Waals surface area contributed by atoms with E-state index in [9.17, 15) is 38.4 Å². The summed E-state index contributed by atoms with van der Waals surface area (Å²) >= 11 is 0. The lowest BCUT2D eigenvalue weighted by atomic mass is 10.0. The fourth-order valence-electron chi connectivity index (χ4n) is 6.28. The van der Waals surface area contributed by atoms with Gasteiger partial charge in [0.15, 0.2) is 0 Å². The summed E-state index contributed by atoms with van der Waals surface area (Å²) in [4.78, 5) is 112. The van der Waals surface area contributed by atoms with Crippen LogP contribution in [0.5, 0.6) is 0 Å². The number of aromatic nitrogens is 3. The molecule has 7 amide bonds. The van der Waals surface area contributed by atoms with Crippen molar-refractivity contribution < 1.29 is 38.4 Å². The van der Waals surface area contributed by atoms with E-state index in [4.69, 9.17) is 0 Å². The highest BCUT2D eigenvalue weighted by atomic mass is 16.2. The fourth-order valence-corrected chi connectivity index (χ4v) is 6.28. The molecule has 0 aliphatic heterocycles. The highest BCUT2D eigenvalue weighted by molar-refractivity contribution is 6.03. The van der Waals surface area contributed by atoms with Gasteiger partial charge in [0.25, 0.3) is 0 Å². The monoisotopic (exact) mass is 827 g/mol. The van der Waals surface area contributed by atoms with E-state index < -0.39 is 66.2 Å². The normalized spacial score (nSPS) is 12.8. The largest absolute Gasteiger partial charge is 0.359 e. The molecule has 19 nitrogen and oxygen atoms in total. The van der Waals surface area contributed by atoms with E-state index in [1.54, 1.807) is 43.6 Å². The molecule has 4 atom stereocenters. The van der Waals surface area contributed by atoms with Gasteiger partial charge in [-0.3, -0.25) is 33.6 Å². The first kappa shape index (κ1) is 45.8. The Bertz CT molecular complexity index is 2050. The van der Waals surface area contributed by atoms with E-state index in [2.05, 4.69) is 57.5 Å². The van der Waals surface area contributed by atoms with Gasteiger partial charge in [-0.25, -0.2) is 4.98 Å². The van der Waals surface area contributed by atoms with E-state index in [1.807, 2.05) is 24.3 Å². The predicted octanol–water partition coefficient (Wildman–Crippen LogP) is -0.125. The quantitative estimate of drug-likeness (QED) is 0.0312. The highest BCUT2D eigenvalue weighted by Gasteiger charge is 2.31. The number of benzene rings is 2. The van der Waals surface area contributed by atoms with Crippen LogP contribution in [-0.4, -0.2) is 113 Å². The molecular weight excluding hydrogens is 775 g/mol. The number of likely N-dealkylation sites (N-methyl/N-ethyl adjacent to an activating group) is 1. The first-order valence-electron chi connectivity index (χ1n) is 19.6. The number of hydrogen-bond donors (Lipinski definition) is 10. The number of anilines is 1. The molecule has 0 saturated heterocycles. The van der Waals surface area contributed by atoms with Crippen LogP contribution in [0.3, 0.4) is 0 Å². The average molecular weight is 828 g/mol. The van der Waals surface area contributed by atoms with Crippen molar-refractivity contribution in [3.8, 4) is 0 Å². The topological polar surface area (TPSA) is 277 Å². The number of nitrogens with one attached hydrogen (secondary N) is 10. The van der Waals surface area contributed by atoms with Gasteiger partial charge in [-0.2, -0.15) is 0 Å². The van der Waals surface area contributed by atoms with Crippen LogP contribution in [0.25, 0.3) is 10.9 Å². The second-order valence-electron chi connectivity index (χ2n) is 14.0. The molecule has 0 bridgehead atoms. The number of hydrogen-bond acceptors (Lipinski definition) is 10. The van der Waals surface area contributed by atoms with Crippen LogP contribution in [0, 0.1) is 0 Å². The van der Waals surface area contributed by atoms with E-state index in [-0.39, 0.29) is 38.1 Å². The van der Waals surface area contributed by atoms with Gasteiger partial charge in [-0.05, 0) is 44.4 Å². The molecule has 0 aliphatic rings. The van der Waals surface area contributed by atoms with Crippen LogP contribution < -0.4 is 42.5 Å². The molecule has 19 heteroatoms. The molecule has 60 heavy (non-hydrogen) atoms. The van der Waals surface area contributed by atoms with Crippen molar-refractivity contribution in [1.82, 2.24) is 52.2 Å². The number of aromatic amines is 2. The van der Waals surface area contributed by atoms with Crippen LogP contribution in [0.1, 0.15) is 50.3 Å². The number of carbonyl (C=O) groups excluding carboxylic acids is 8. The molecule has 4 rings (SSSR count). The molecule has 2 aromatic heterocycles. The van der Waals surface area contributed by atoms with Crippen LogP contribution >= 0.6 is 0 Å². The van der Waals surface area contributed by atoms with Gasteiger partial charge in [-0.1, -0.05) is 48.5 Å². The molecule has 10 N–H and O–H groups in total. The number of carbonyl (C=O) groups is 8. The van der Waals surface area contributed by atoms with E-state index in [0.717, 1.165) is 16.5 Å². The lowest BCUT2D eigenvalue weighted by Crippen LogP contribution is -2.58. The third-order valence-corrected chi connectivity index (χ3v) is 9.45. The van der Waals surface area contributed by atoms with Crippen molar-refractivity contribution in [3.63, 3.8) is 0 Å². The molecular formula is C41H53N11O8. The standard InChI is InChI=1S/C41H53N11O8/c1-26(54)46-24-37(56)49-32(15-16-36(55)44-17-9-8-14-31(42-2)39(58)52-35-23-47-30-13-7-6-12-29(30)35)40(59)51-34(21-28-22-43-25-48-28)41(60)50-33(38(57)45-18-19-53)20-27-10-4-3-5-11-27/h3-7,10-13,19,22-23,25,31-34,42,47H,8-9,14-18,20-21,24H2,1-2H3,(H,43,48)(H,44,55)(H,45,57)(H,46,54)(H,49,56)(H,50,60)(H,51,59)(H,52,58)/t31?,32?,33?,34-/m0/s1. The predicted molar refractivity (Wildman–Crippen MR) is 222 cm³/mol. The zero-order chi connectivity index (χ0) is 43.3. The number of rotatable bonds is 25. The number of H-pyrrole nitrogens is 2. The summed E-state index contributed by atoms with van der Waals surface area (Å²) in [7, 11) is 1.70. The van der Waals surface area contributed by atoms with Gasteiger partial charge in [0.1, 0.15) is 24.4 Å². The van der Waals surface area contributed by atoms with Gasteiger partial charge in [0, 0.05) is 61.7 Å². The molecule has 4 aromatic rings. The minimum absolute atomic E-state index is 0.0795. The Balaban J connectivity index is 1.35. The maximum Gasteiger partial charge on any atom is 0.243 e. The smallest absolute Gasteiger partial charge is 0.243 e. The molecule has 0 saturated carbocycles. The number of para-hydroxylation sites is 1. The first-order valence-corrected chi connectivity index (χ1v) is 19.6. The number of amides is 7. The summed E-state index contributed by atoms with van der Waals surface area (Å²) in [5.74, 6) is -3.92. The Labute approximate surface area is 346 Å². The Kier molecular flexibility index (Phi) is 18.4. The number of imidazole rings is 1. The number of nitrogens with zero attached hydrogens (tertiary/aromatic N) is 1. The van der Waals surface area contributed by atoms with Crippen LogP contribution in [0.4, 0.5) is 5.69 Å². The Hall–Kier alpha value is -6.89. The number of aldehydes is 1. The van der Waals surface area contributed by atoms with Crippen molar-refractivity contribution >= 4 is 64.2 Å². The molecule has 0 radical (unpaired) electrons. The summed E-state index contributed by atoms with van der Waals surface area (Å²) in [6.07, 6.45) is 6.43. The number of fused-ring (bicyclic) bond motifs is 1. The highest BCUT2D eigenvalue weighted by Crippen LogP contribution is 2.23. The van der Waals surface area contributed by atoms with Crippen LogP contribution in [0.15, 0.2) is 73.3 Å². The maximum atomic E-state index is 13.8. The minimum atomic E-state index is -1.31. The average Bonchev–Trinajstić information content (AvgIpc) is 3.91. The molecule has 2 heterocycles. The summed E-state index contributed by atoms with van der Waals surface area (Å²) < 4.78 is 0. The molecule has 0 aliphatic carbocycles. The first-order chi connectivity index (χ1) is 29.0. The van der Waals surface area contributed by atoms with E-state index in [1.165, 1.54) is 19.4 Å². The Morgan fingerprint density at radius 2 is 1.43 bits per heavy atom. The van der Waals surface area contributed by atoms with Gasteiger partial charge in [-0.15, -0.1) is 0 Å². The van der Waals surface area contributed by atoms with Gasteiger partial charge in [0.2, 0.25) is 41.4 Å². The van der Waals surface area contributed by atoms with Crippen molar-refractivity contribution in [2.45, 2.75) is 76.0 Å².